The minimum atomic E-state index is 0.241. The van der Waals surface area contributed by atoms with Crippen LogP contribution in [0.4, 0.5) is 0 Å². The summed E-state index contributed by atoms with van der Waals surface area (Å²) in [6.07, 6.45) is 3.48. The molecular weight excluding hydrogens is 264 g/mol. The fourth-order valence-electron chi connectivity index (χ4n) is 3.12. The number of methoxy groups -OCH3 is 1. The molecule has 0 radical (unpaired) electrons. The van der Waals surface area contributed by atoms with E-state index in [0.29, 0.717) is 24.5 Å². The lowest BCUT2D eigenvalue weighted by atomic mass is 9.97. The second kappa shape index (κ2) is 6.06. The highest BCUT2D eigenvalue weighted by Crippen LogP contribution is 2.32. The Labute approximate surface area is 126 Å². The Morgan fingerprint density at radius 3 is 2.67 bits per heavy atom. The van der Waals surface area contributed by atoms with Gasteiger partial charge < -0.3 is 15.0 Å². The monoisotopic (exact) mass is 288 g/mol. The van der Waals surface area contributed by atoms with E-state index in [0.717, 1.165) is 18.7 Å². The van der Waals surface area contributed by atoms with Gasteiger partial charge in [-0.05, 0) is 43.9 Å². The van der Waals surface area contributed by atoms with Crippen LogP contribution in [0.25, 0.3) is 0 Å². The second-order valence-electron chi connectivity index (χ2n) is 6.26. The Bertz CT molecular complexity index is 496. The van der Waals surface area contributed by atoms with Crippen LogP contribution in [0.15, 0.2) is 24.3 Å². The molecule has 3 rings (SSSR count). The number of amides is 1. The Balaban J connectivity index is 1.59. The van der Waals surface area contributed by atoms with Crippen LogP contribution in [0.1, 0.15) is 37.7 Å². The quantitative estimate of drug-likeness (QED) is 0.902. The van der Waals surface area contributed by atoms with Gasteiger partial charge in [-0.3, -0.25) is 4.79 Å². The standard InChI is InChI=1S/C17H24N2O2/c1-12-9-14(13-3-7-16(21-2)8-4-13)11-19(12)17(20)10-18-15-5-6-15/h3-4,7-8,12,14-15,18H,5-6,9-11H2,1-2H3. The van der Waals surface area contributed by atoms with Gasteiger partial charge in [-0.2, -0.15) is 0 Å². The number of hydrogen-bond acceptors (Lipinski definition) is 3. The van der Waals surface area contributed by atoms with E-state index < -0.39 is 0 Å². The molecule has 1 aromatic carbocycles. The van der Waals surface area contributed by atoms with Crippen molar-refractivity contribution in [3.05, 3.63) is 29.8 Å². The van der Waals surface area contributed by atoms with Crippen molar-refractivity contribution in [2.24, 2.45) is 0 Å². The van der Waals surface area contributed by atoms with Gasteiger partial charge in [-0.25, -0.2) is 0 Å². The molecule has 1 heterocycles. The minimum absolute atomic E-state index is 0.241. The number of rotatable bonds is 5. The number of likely N-dealkylation sites (tertiary alicyclic amines) is 1. The predicted octanol–water partition coefficient (Wildman–Crippen LogP) is 2.15. The molecule has 0 spiro atoms. The summed E-state index contributed by atoms with van der Waals surface area (Å²) in [5, 5.41) is 3.32. The molecular formula is C17H24N2O2. The highest BCUT2D eigenvalue weighted by atomic mass is 16.5. The van der Waals surface area contributed by atoms with Crippen molar-refractivity contribution in [1.82, 2.24) is 10.2 Å². The molecule has 1 aromatic rings. The molecule has 2 unspecified atom stereocenters. The Hall–Kier alpha value is -1.55. The highest BCUT2D eigenvalue weighted by molar-refractivity contribution is 5.79. The van der Waals surface area contributed by atoms with Crippen molar-refractivity contribution >= 4 is 5.91 Å². The first kappa shape index (κ1) is 14.4. The van der Waals surface area contributed by atoms with Crippen LogP contribution in [-0.4, -0.2) is 43.1 Å². The minimum Gasteiger partial charge on any atom is -0.497 e. The Kier molecular flexibility index (Phi) is 4.15. The van der Waals surface area contributed by atoms with E-state index in [-0.39, 0.29) is 5.91 Å². The van der Waals surface area contributed by atoms with E-state index in [1.807, 2.05) is 17.0 Å². The van der Waals surface area contributed by atoms with Crippen LogP contribution in [0.2, 0.25) is 0 Å². The molecule has 114 valence electrons. The average molecular weight is 288 g/mol. The molecule has 2 fully saturated rings. The van der Waals surface area contributed by atoms with Crippen molar-refractivity contribution in [3.8, 4) is 5.75 Å². The first-order chi connectivity index (χ1) is 10.2. The first-order valence-electron chi connectivity index (χ1n) is 7.84. The SMILES string of the molecule is COc1ccc(C2CC(C)N(C(=O)CNC3CC3)C2)cc1. The van der Waals surface area contributed by atoms with Crippen molar-refractivity contribution in [2.75, 3.05) is 20.2 Å². The van der Waals surface area contributed by atoms with Crippen LogP contribution in [0, 0.1) is 0 Å². The molecule has 4 heteroatoms. The van der Waals surface area contributed by atoms with E-state index >= 15 is 0 Å². The van der Waals surface area contributed by atoms with Crippen LogP contribution in [0.3, 0.4) is 0 Å². The lowest BCUT2D eigenvalue weighted by molar-refractivity contribution is -0.130. The molecule has 1 aliphatic carbocycles. The number of hydrogen-bond donors (Lipinski definition) is 1. The number of nitrogens with zero attached hydrogens (tertiary/aromatic N) is 1. The van der Waals surface area contributed by atoms with Gasteiger partial charge in [0.05, 0.1) is 13.7 Å². The molecule has 4 nitrogen and oxygen atoms in total. The third-order valence-electron chi connectivity index (χ3n) is 4.60. The maximum Gasteiger partial charge on any atom is 0.236 e. The van der Waals surface area contributed by atoms with Crippen LogP contribution < -0.4 is 10.1 Å². The van der Waals surface area contributed by atoms with Crippen molar-refractivity contribution in [2.45, 2.75) is 44.2 Å². The normalized spacial score (nSPS) is 25.1. The van der Waals surface area contributed by atoms with E-state index in [4.69, 9.17) is 4.74 Å². The van der Waals surface area contributed by atoms with Crippen LogP contribution in [0.5, 0.6) is 5.75 Å². The molecule has 1 aliphatic heterocycles. The summed E-state index contributed by atoms with van der Waals surface area (Å²) in [6.45, 7) is 3.47. The zero-order valence-electron chi connectivity index (χ0n) is 12.8. The lowest BCUT2D eigenvalue weighted by Gasteiger charge is -2.21. The molecule has 1 saturated heterocycles. The van der Waals surface area contributed by atoms with Gasteiger partial charge in [0.25, 0.3) is 0 Å². The molecule has 1 saturated carbocycles. The topological polar surface area (TPSA) is 41.6 Å². The third-order valence-corrected chi connectivity index (χ3v) is 4.60. The number of nitrogens with one attached hydrogen (secondary N) is 1. The van der Waals surface area contributed by atoms with Crippen LogP contribution >= 0.6 is 0 Å². The fraction of sp³-hybridized carbons (Fsp3) is 0.588. The van der Waals surface area contributed by atoms with E-state index in [2.05, 4.69) is 24.4 Å². The molecule has 21 heavy (non-hydrogen) atoms. The summed E-state index contributed by atoms with van der Waals surface area (Å²) in [5.41, 5.74) is 1.30. The summed E-state index contributed by atoms with van der Waals surface area (Å²) in [5.74, 6) is 1.56. The molecule has 0 aromatic heterocycles. The number of ether oxygens (including phenoxy) is 1. The van der Waals surface area contributed by atoms with E-state index in [9.17, 15) is 4.79 Å². The zero-order valence-corrected chi connectivity index (χ0v) is 12.8. The molecule has 2 atom stereocenters. The predicted molar refractivity (Wildman–Crippen MR) is 82.6 cm³/mol. The summed E-state index contributed by atoms with van der Waals surface area (Å²) < 4.78 is 5.20. The van der Waals surface area contributed by atoms with E-state index in [1.54, 1.807) is 7.11 Å². The fourth-order valence-corrected chi connectivity index (χ4v) is 3.12. The number of benzene rings is 1. The summed E-state index contributed by atoms with van der Waals surface area (Å²) in [4.78, 5) is 14.3. The maximum absolute atomic E-state index is 12.3. The van der Waals surface area contributed by atoms with Crippen molar-refractivity contribution < 1.29 is 9.53 Å². The smallest absolute Gasteiger partial charge is 0.236 e. The molecule has 1 N–H and O–H groups in total. The summed E-state index contributed by atoms with van der Waals surface area (Å²) in [6, 6.07) is 9.15. The van der Waals surface area contributed by atoms with Gasteiger partial charge in [0.2, 0.25) is 5.91 Å². The number of carbonyl (C=O) groups excluding carboxylic acids is 1. The van der Waals surface area contributed by atoms with Gasteiger partial charge in [0.1, 0.15) is 5.75 Å². The van der Waals surface area contributed by atoms with Gasteiger partial charge in [-0.15, -0.1) is 0 Å². The third kappa shape index (κ3) is 3.38. The van der Waals surface area contributed by atoms with Gasteiger partial charge in [-0.1, -0.05) is 12.1 Å². The van der Waals surface area contributed by atoms with Crippen molar-refractivity contribution in [1.29, 1.82) is 0 Å². The summed E-state index contributed by atoms with van der Waals surface area (Å²) in [7, 11) is 1.68. The molecule has 0 bridgehead atoms. The van der Waals surface area contributed by atoms with Gasteiger partial charge >= 0.3 is 0 Å². The number of carbonyl (C=O) groups is 1. The van der Waals surface area contributed by atoms with Gasteiger partial charge in [0, 0.05) is 24.5 Å². The molecule has 2 aliphatic rings. The summed E-state index contributed by atoms with van der Waals surface area (Å²) >= 11 is 0. The largest absolute Gasteiger partial charge is 0.497 e. The average Bonchev–Trinajstić information content (AvgIpc) is 3.26. The zero-order chi connectivity index (χ0) is 14.8. The Morgan fingerprint density at radius 2 is 2.05 bits per heavy atom. The second-order valence-corrected chi connectivity index (χ2v) is 6.26. The Morgan fingerprint density at radius 1 is 1.33 bits per heavy atom. The van der Waals surface area contributed by atoms with Crippen molar-refractivity contribution in [3.63, 3.8) is 0 Å². The maximum atomic E-state index is 12.3. The van der Waals surface area contributed by atoms with Crippen LogP contribution in [-0.2, 0) is 4.79 Å². The molecule has 1 amide bonds. The highest BCUT2D eigenvalue weighted by Gasteiger charge is 2.33. The van der Waals surface area contributed by atoms with Gasteiger partial charge in [0.15, 0.2) is 0 Å². The van der Waals surface area contributed by atoms with E-state index in [1.165, 1.54) is 18.4 Å². The lowest BCUT2D eigenvalue weighted by Crippen LogP contribution is -2.40. The first-order valence-corrected chi connectivity index (χ1v) is 7.84.